The van der Waals surface area contributed by atoms with E-state index in [1.807, 2.05) is 0 Å². The number of carbonyl (C=O) groups excluding carboxylic acids is 4. The molecule has 0 saturated heterocycles. The minimum Gasteiger partial charge on any atom is -0.462 e. The number of aliphatic hydroxyl groups excluding tert-OH is 1. The van der Waals surface area contributed by atoms with Gasteiger partial charge in [0.1, 0.15) is 19.3 Å². The predicted molar refractivity (Wildman–Crippen MR) is 381 cm³/mol. The molecule has 0 aliphatic heterocycles. The predicted octanol–water partition coefficient (Wildman–Crippen LogP) is 21.7. The highest BCUT2D eigenvalue weighted by Crippen LogP contribution is 2.45. The van der Waals surface area contributed by atoms with Crippen molar-refractivity contribution in [2.45, 2.75) is 395 Å². The number of hydrogen-bond donors (Lipinski definition) is 3. The van der Waals surface area contributed by atoms with E-state index < -0.39 is 97.5 Å². The number of rotatable bonds is 72. The summed E-state index contributed by atoms with van der Waals surface area (Å²) in [5.41, 5.74) is 0. The molecule has 0 saturated carbocycles. The summed E-state index contributed by atoms with van der Waals surface area (Å²) < 4.78 is 68.5. The normalized spacial score (nSPS) is 14.2. The van der Waals surface area contributed by atoms with Crippen LogP contribution in [-0.4, -0.2) is 96.7 Å². The Bertz CT molecular complexity index is 1850. The van der Waals surface area contributed by atoms with Crippen LogP contribution in [0.15, 0.2) is 0 Å². The number of phosphoric ester groups is 2. The molecule has 3 unspecified atom stereocenters. The lowest BCUT2D eigenvalue weighted by atomic mass is 10.0. The van der Waals surface area contributed by atoms with Gasteiger partial charge in [-0.25, -0.2) is 9.13 Å². The van der Waals surface area contributed by atoms with Crippen molar-refractivity contribution in [3.63, 3.8) is 0 Å². The SMILES string of the molecule is CC(C)CCCCCCCCCCCCCCCCC(=O)OC[C@H](COP(=O)(O)OCC(O)COP(=O)(O)OC[C@@H](COC(=O)CCCCCCCCCCC(C)C)OC(=O)CCCCCCCCCC(C)C)OC(=O)CCCCCCCCCCCCCCCC(C)C. The molecule has 0 aliphatic carbocycles. The number of ether oxygens (including phenoxy) is 4. The van der Waals surface area contributed by atoms with Gasteiger partial charge in [-0.05, 0) is 49.4 Å². The number of hydrogen-bond acceptors (Lipinski definition) is 15. The van der Waals surface area contributed by atoms with Crippen LogP contribution in [0.5, 0.6) is 0 Å². The van der Waals surface area contributed by atoms with Crippen molar-refractivity contribution in [3.8, 4) is 0 Å². The lowest BCUT2D eigenvalue weighted by molar-refractivity contribution is -0.161. The van der Waals surface area contributed by atoms with Gasteiger partial charge in [-0.2, -0.15) is 0 Å². The van der Waals surface area contributed by atoms with Crippen LogP contribution in [0, 0.1) is 23.7 Å². The molecule has 19 heteroatoms. The Morgan fingerprint density at radius 2 is 0.447 bits per heavy atom. The molecule has 0 fully saturated rings. The number of esters is 4. The van der Waals surface area contributed by atoms with Crippen molar-refractivity contribution in [3.05, 3.63) is 0 Å². The minimum absolute atomic E-state index is 0.103. The van der Waals surface area contributed by atoms with Crippen LogP contribution < -0.4 is 0 Å². The zero-order valence-corrected chi connectivity index (χ0v) is 63.4. The molecule has 0 aromatic rings. The monoisotopic (exact) mass is 1380 g/mol. The van der Waals surface area contributed by atoms with E-state index in [9.17, 15) is 43.2 Å². The summed E-state index contributed by atoms with van der Waals surface area (Å²) >= 11 is 0. The highest BCUT2D eigenvalue weighted by atomic mass is 31.2. The Morgan fingerprint density at radius 1 is 0.266 bits per heavy atom. The zero-order valence-electron chi connectivity index (χ0n) is 61.6. The molecular weight excluding hydrogens is 1230 g/mol. The van der Waals surface area contributed by atoms with Gasteiger partial charge in [0.15, 0.2) is 12.2 Å². The summed E-state index contributed by atoms with van der Waals surface area (Å²) in [5.74, 6) is 0.883. The molecule has 94 heavy (non-hydrogen) atoms. The van der Waals surface area contributed by atoms with Crippen molar-refractivity contribution in [2.75, 3.05) is 39.6 Å². The first-order valence-corrected chi connectivity index (χ1v) is 41.7. The number of unbranched alkanes of at least 4 members (excludes halogenated alkanes) is 38. The largest absolute Gasteiger partial charge is 0.472 e. The van der Waals surface area contributed by atoms with E-state index >= 15 is 0 Å². The summed E-state index contributed by atoms with van der Waals surface area (Å²) in [6.45, 7) is 14.1. The van der Waals surface area contributed by atoms with E-state index in [4.69, 9.17) is 37.0 Å². The maximum atomic E-state index is 13.1. The first kappa shape index (κ1) is 92.1. The minimum atomic E-state index is -4.96. The fourth-order valence-electron chi connectivity index (χ4n) is 11.4. The van der Waals surface area contributed by atoms with Gasteiger partial charge >= 0.3 is 39.5 Å². The molecule has 0 aromatic heterocycles. The lowest BCUT2D eigenvalue weighted by Crippen LogP contribution is -2.30. The fourth-order valence-corrected chi connectivity index (χ4v) is 13.0. The van der Waals surface area contributed by atoms with Gasteiger partial charge in [-0.3, -0.25) is 37.3 Å². The van der Waals surface area contributed by atoms with Crippen LogP contribution in [0.1, 0.15) is 376 Å². The third-order valence-corrected chi connectivity index (χ3v) is 19.2. The van der Waals surface area contributed by atoms with Crippen LogP contribution in [0.25, 0.3) is 0 Å². The van der Waals surface area contributed by atoms with E-state index in [1.54, 1.807) is 0 Å². The van der Waals surface area contributed by atoms with Gasteiger partial charge in [0, 0.05) is 25.7 Å². The molecule has 0 rings (SSSR count). The van der Waals surface area contributed by atoms with Gasteiger partial charge in [0.05, 0.1) is 26.4 Å². The van der Waals surface area contributed by atoms with Crippen LogP contribution in [0.2, 0.25) is 0 Å². The molecule has 0 radical (unpaired) electrons. The summed E-state index contributed by atoms with van der Waals surface area (Å²) in [5, 5.41) is 10.6. The fraction of sp³-hybridized carbons (Fsp3) is 0.947. The first-order valence-electron chi connectivity index (χ1n) is 38.7. The smallest absolute Gasteiger partial charge is 0.462 e. The third kappa shape index (κ3) is 68.6. The molecule has 3 N–H and O–H groups in total. The highest BCUT2D eigenvalue weighted by Gasteiger charge is 2.30. The first-order chi connectivity index (χ1) is 45.1. The molecule has 5 atom stereocenters. The molecule has 0 aromatic carbocycles. The molecule has 0 spiro atoms. The van der Waals surface area contributed by atoms with Gasteiger partial charge in [-0.1, -0.05) is 325 Å². The van der Waals surface area contributed by atoms with Crippen LogP contribution >= 0.6 is 15.6 Å². The number of phosphoric acid groups is 2. The van der Waals surface area contributed by atoms with E-state index in [2.05, 4.69) is 55.4 Å². The maximum absolute atomic E-state index is 13.1. The summed E-state index contributed by atoms with van der Waals surface area (Å²) in [7, 11) is -9.91. The van der Waals surface area contributed by atoms with Gasteiger partial charge < -0.3 is 33.8 Å². The summed E-state index contributed by atoms with van der Waals surface area (Å²) in [6.07, 6.45) is 48.7. The molecule has 0 aliphatic rings. The van der Waals surface area contributed by atoms with Crippen molar-refractivity contribution < 1.29 is 80.2 Å². The molecular formula is C75H146O17P2. The maximum Gasteiger partial charge on any atom is 0.472 e. The third-order valence-electron chi connectivity index (χ3n) is 17.3. The Kier molecular flexibility index (Phi) is 63.1. The Labute approximate surface area is 575 Å². The average molecular weight is 1380 g/mol. The number of aliphatic hydroxyl groups is 1. The van der Waals surface area contributed by atoms with Gasteiger partial charge in [-0.15, -0.1) is 0 Å². The molecule has 0 bridgehead atoms. The van der Waals surface area contributed by atoms with Crippen LogP contribution in [0.4, 0.5) is 0 Å². The van der Waals surface area contributed by atoms with E-state index in [-0.39, 0.29) is 25.7 Å². The van der Waals surface area contributed by atoms with Gasteiger partial charge in [0.2, 0.25) is 0 Å². The second-order valence-corrected chi connectivity index (χ2v) is 31.9. The Morgan fingerprint density at radius 3 is 0.660 bits per heavy atom. The number of carbonyl (C=O) groups is 4. The van der Waals surface area contributed by atoms with Gasteiger partial charge in [0.25, 0.3) is 0 Å². The standard InChI is InChI=1S/C75H146O17P2/c1-65(2)51-43-35-27-20-16-12-9-10-14-18-22-31-39-47-55-72(77)85-61-70(91-74(79)57-49-41-33-23-19-15-11-13-17-21-28-36-44-52-66(3)4)63-89-93(81,82)87-59-69(76)60-88-94(83,84)90-64-71(92-75(80)58-50-42-34-26-30-38-46-54-68(7)8)62-86-73(78)56-48-40-32-25-24-29-37-45-53-67(5)6/h65-71,76H,9-64H2,1-8H3,(H,81,82)(H,83,84)/t69?,70-,71-/m1/s1. The van der Waals surface area contributed by atoms with E-state index in [0.29, 0.717) is 31.6 Å². The molecule has 0 heterocycles. The van der Waals surface area contributed by atoms with Crippen molar-refractivity contribution >= 4 is 39.5 Å². The second-order valence-electron chi connectivity index (χ2n) is 28.9. The lowest BCUT2D eigenvalue weighted by Gasteiger charge is -2.21. The second kappa shape index (κ2) is 64.4. The van der Waals surface area contributed by atoms with Crippen LogP contribution in [0.3, 0.4) is 0 Å². The average Bonchev–Trinajstić information content (AvgIpc) is 1.85. The molecule has 558 valence electrons. The summed E-state index contributed by atoms with van der Waals surface area (Å²) in [6, 6.07) is 0. The summed E-state index contributed by atoms with van der Waals surface area (Å²) in [4.78, 5) is 72.7. The quantitative estimate of drug-likeness (QED) is 0.0222. The molecule has 17 nitrogen and oxygen atoms in total. The van der Waals surface area contributed by atoms with E-state index in [0.717, 1.165) is 108 Å². The van der Waals surface area contributed by atoms with Crippen molar-refractivity contribution in [1.82, 2.24) is 0 Å². The topological polar surface area (TPSA) is 237 Å². The zero-order chi connectivity index (χ0) is 69.6. The van der Waals surface area contributed by atoms with Crippen molar-refractivity contribution in [1.29, 1.82) is 0 Å². The van der Waals surface area contributed by atoms with Crippen molar-refractivity contribution in [2.24, 2.45) is 23.7 Å². The Balaban J connectivity index is 5.24. The highest BCUT2D eigenvalue weighted by molar-refractivity contribution is 7.47. The molecule has 0 amide bonds. The Hall–Kier alpha value is -1.94. The van der Waals surface area contributed by atoms with E-state index in [1.165, 1.54) is 180 Å². The van der Waals surface area contributed by atoms with Crippen LogP contribution in [-0.2, 0) is 65.4 Å².